The van der Waals surface area contributed by atoms with Gasteiger partial charge >= 0.3 is 6.18 Å². The van der Waals surface area contributed by atoms with E-state index in [0.29, 0.717) is 4.88 Å². The Morgan fingerprint density at radius 2 is 1.67 bits per heavy atom. The van der Waals surface area contributed by atoms with Crippen LogP contribution < -0.4 is 0 Å². The van der Waals surface area contributed by atoms with Crippen LogP contribution in [0, 0.1) is 0 Å². The molecule has 2 aromatic rings. The average Bonchev–Trinajstić information content (AvgIpc) is 2.79. The lowest BCUT2D eigenvalue weighted by atomic mass is 10.1. The van der Waals surface area contributed by atoms with Gasteiger partial charge in [-0.3, -0.25) is 0 Å². The van der Waals surface area contributed by atoms with Crippen LogP contribution in [0.1, 0.15) is 23.8 Å². The van der Waals surface area contributed by atoms with E-state index in [0.717, 1.165) is 35.8 Å². The first-order chi connectivity index (χ1) is 8.50. The number of rotatable bonds is 3. The third-order valence-electron chi connectivity index (χ3n) is 2.66. The van der Waals surface area contributed by atoms with Gasteiger partial charge in [0.15, 0.2) is 0 Å². The molecule has 1 aromatic carbocycles. The smallest absolute Gasteiger partial charge is 0.165 e. The molecule has 1 heterocycles. The highest BCUT2D eigenvalue weighted by Gasteiger charge is 2.32. The van der Waals surface area contributed by atoms with Crippen LogP contribution in [-0.2, 0) is 12.6 Å². The van der Waals surface area contributed by atoms with Gasteiger partial charge in [-0.05, 0) is 29.7 Å². The van der Waals surface area contributed by atoms with Crippen molar-refractivity contribution in [3.8, 4) is 10.4 Å². The summed E-state index contributed by atoms with van der Waals surface area (Å²) in [6.45, 7) is 2.10. The van der Waals surface area contributed by atoms with E-state index in [1.54, 1.807) is 0 Å². The van der Waals surface area contributed by atoms with E-state index in [2.05, 4.69) is 6.92 Å². The van der Waals surface area contributed by atoms with E-state index in [1.165, 1.54) is 11.6 Å². The molecule has 0 amide bonds. The standard InChI is InChI=1S/C14H13F3S/c1-2-3-10-4-6-11(7-5-10)12-8-9-13(18-12)14(15,16)17/h4-9H,2-3H2,1H3. The fourth-order valence-electron chi connectivity index (χ4n) is 1.77. The second kappa shape index (κ2) is 5.14. The molecular formula is C14H13F3S. The van der Waals surface area contributed by atoms with Crippen molar-refractivity contribution in [1.82, 2.24) is 0 Å². The van der Waals surface area contributed by atoms with Crippen molar-refractivity contribution < 1.29 is 13.2 Å². The molecule has 0 N–H and O–H groups in total. The van der Waals surface area contributed by atoms with Crippen LogP contribution in [-0.4, -0.2) is 0 Å². The first kappa shape index (κ1) is 13.1. The van der Waals surface area contributed by atoms with Crippen molar-refractivity contribution in [1.29, 1.82) is 0 Å². The Bertz CT molecular complexity index is 509. The molecule has 0 fully saturated rings. The average molecular weight is 270 g/mol. The lowest BCUT2D eigenvalue weighted by Crippen LogP contribution is -2.00. The summed E-state index contributed by atoms with van der Waals surface area (Å²) in [6.07, 6.45) is -2.18. The summed E-state index contributed by atoms with van der Waals surface area (Å²) in [7, 11) is 0. The van der Waals surface area contributed by atoms with Gasteiger partial charge < -0.3 is 0 Å². The Morgan fingerprint density at radius 3 is 2.17 bits per heavy atom. The number of halogens is 3. The molecule has 0 saturated heterocycles. The fourth-order valence-corrected chi connectivity index (χ4v) is 2.65. The van der Waals surface area contributed by atoms with Crippen LogP contribution in [0.5, 0.6) is 0 Å². The second-order valence-corrected chi connectivity index (χ2v) is 5.19. The summed E-state index contributed by atoms with van der Waals surface area (Å²) in [6, 6.07) is 10.4. The van der Waals surface area contributed by atoms with Gasteiger partial charge in [-0.2, -0.15) is 13.2 Å². The van der Waals surface area contributed by atoms with Crippen LogP contribution in [0.2, 0.25) is 0 Å². The molecule has 0 radical (unpaired) electrons. The Kier molecular flexibility index (Phi) is 3.76. The third-order valence-corrected chi connectivity index (χ3v) is 3.84. The predicted octanol–water partition coefficient (Wildman–Crippen LogP) is 5.39. The van der Waals surface area contributed by atoms with E-state index >= 15 is 0 Å². The molecule has 0 aliphatic carbocycles. The molecule has 0 unspecified atom stereocenters. The molecule has 1 aromatic heterocycles. The maximum Gasteiger partial charge on any atom is 0.425 e. The van der Waals surface area contributed by atoms with E-state index < -0.39 is 11.1 Å². The molecule has 96 valence electrons. The van der Waals surface area contributed by atoms with E-state index in [-0.39, 0.29) is 0 Å². The van der Waals surface area contributed by atoms with E-state index in [4.69, 9.17) is 0 Å². The molecule has 0 aliphatic rings. The summed E-state index contributed by atoms with van der Waals surface area (Å²) in [5, 5.41) is 0. The molecule has 18 heavy (non-hydrogen) atoms. The molecule has 2 rings (SSSR count). The molecule has 0 aliphatic heterocycles. The topological polar surface area (TPSA) is 0 Å². The largest absolute Gasteiger partial charge is 0.425 e. The summed E-state index contributed by atoms with van der Waals surface area (Å²) in [5.74, 6) is 0. The quantitative estimate of drug-likeness (QED) is 0.701. The van der Waals surface area contributed by atoms with Crippen molar-refractivity contribution in [2.75, 3.05) is 0 Å². The molecule has 0 saturated carbocycles. The first-order valence-electron chi connectivity index (χ1n) is 5.77. The monoisotopic (exact) mass is 270 g/mol. The Labute approximate surface area is 108 Å². The number of alkyl halides is 3. The molecule has 0 atom stereocenters. The zero-order chi connectivity index (χ0) is 13.2. The minimum absolute atomic E-state index is 0.546. The van der Waals surface area contributed by atoms with E-state index in [9.17, 15) is 13.2 Å². The van der Waals surface area contributed by atoms with Gasteiger partial charge in [0.2, 0.25) is 0 Å². The SMILES string of the molecule is CCCc1ccc(-c2ccc(C(F)(F)F)s2)cc1. The number of thiophene rings is 1. The van der Waals surface area contributed by atoms with Crippen molar-refractivity contribution in [2.45, 2.75) is 25.9 Å². The second-order valence-electron chi connectivity index (χ2n) is 4.11. The van der Waals surface area contributed by atoms with Crippen LogP contribution in [0.3, 0.4) is 0 Å². The summed E-state index contributed by atoms with van der Waals surface area (Å²) in [5.41, 5.74) is 2.06. The van der Waals surface area contributed by atoms with Gasteiger partial charge in [-0.1, -0.05) is 37.6 Å². The van der Waals surface area contributed by atoms with E-state index in [1.807, 2.05) is 24.3 Å². The number of hydrogen-bond acceptors (Lipinski definition) is 1. The third kappa shape index (κ3) is 2.93. The van der Waals surface area contributed by atoms with Crippen LogP contribution in [0.15, 0.2) is 36.4 Å². The highest BCUT2D eigenvalue weighted by atomic mass is 32.1. The molecule has 0 spiro atoms. The lowest BCUT2D eigenvalue weighted by molar-refractivity contribution is -0.134. The maximum atomic E-state index is 12.5. The Hall–Kier alpha value is -1.29. The van der Waals surface area contributed by atoms with Gasteiger partial charge in [0.05, 0.1) is 0 Å². The van der Waals surface area contributed by atoms with Gasteiger partial charge in [0, 0.05) is 4.88 Å². The summed E-state index contributed by atoms with van der Waals surface area (Å²) >= 11 is 0.787. The highest BCUT2D eigenvalue weighted by Crippen LogP contribution is 2.38. The van der Waals surface area contributed by atoms with Crippen LogP contribution in [0.25, 0.3) is 10.4 Å². The zero-order valence-electron chi connectivity index (χ0n) is 9.92. The zero-order valence-corrected chi connectivity index (χ0v) is 10.7. The van der Waals surface area contributed by atoms with Crippen LogP contribution >= 0.6 is 11.3 Å². The maximum absolute atomic E-state index is 12.5. The summed E-state index contributed by atoms with van der Waals surface area (Å²) in [4.78, 5) is 0.112. The minimum atomic E-state index is -4.24. The van der Waals surface area contributed by atoms with Crippen molar-refractivity contribution in [2.24, 2.45) is 0 Å². The van der Waals surface area contributed by atoms with Crippen molar-refractivity contribution in [3.63, 3.8) is 0 Å². The normalized spacial score (nSPS) is 11.8. The van der Waals surface area contributed by atoms with Gasteiger partial charge in [0.1, 0.15) is 4.88 Å². The number of aryl methyl sites for hydroxylation is 1. The molecule has 0 bridgehead atoms. The molecule has 0 nitrogen and oxygen atoms in total. The van der Waals surface area contributed by atoms with Crippen molar-refractivity contribution >= 4 is 11.3 Å². The van der Waals surface area contributed by atoms with Gasteiger partial charge in [-0.25, -0.2) is 0 Å². The molecular weight excluding hydrogens is 257 g/mol. The number of benzene rings is 1. The lowest BCUT2D eigenvalue weighted by Gasteiger charge is -2.02. The first-order valence-corrected chi connectivity index (χ1v) is 6.58. The Morgan fingerprint density at radius 1 is 1.00 bits per heavy atom. The molecule has 4 heteroatoms. The highest BCUT2D eigenvalue weighted by molar-refractivity contribution is 7.15. The minimum Gasteiger partial charge on any atom is -0.165 e. The fraction of sp³-hybridized carbons (Fsp3) is 0.286. The summed E-state index contributed by atoms with van der Waals surface area (Å²) < 4.78 is 37.5. The number of hydrogen-bond donors (Lipinski definition) is 0. The van der Waals surface area contributed by atoms with Crippen LogP contribution in [0.4, 0.5) is 13.2 Å². The predicted molar refractivity (Wildman–Crippen MR) is 68.8 cm³/mol. The van der Waals surface area contributed by atoms with Crippen molar-refractivity contribution in [3.05, 3.63) is 46.8 Å². The Balaban J connectivity index is 2.23. The van der Waals surface area contributed by atoms with Gasteiger partial charge in [0.25, 0.3) is 0 Å². The van der Waals surface area contributed by atoms with Gasteiger partial charge in [-0.15, -0.1) is 11.3 Å².